The van der Waals surface area contributed by atoms with E-state index >= 15 is 0 Å². The molecule has 0 unspecified atom stereocenters. The van der Waals surface area contributed by atoms with Gasteiger partial charge in [0.25, 0.3) is 0 Å². The Morgan fingerprint density at radius 2 is 1.64 bits per heavy atom. The van der Waals surface area contributed by atoms with E-state index < -0.39 is 0 Å². The van der Waals surface area contributed by atoms with Crippen LogP contribution in [0.1, 0.15) is 70.5 Å². The van der Waals surface area contributed by atoms with Crippen LogP contribution in [0.15, 0.2) is 24.3 Å². The van der Waals surface area contributed by atoms with Gasteiger partial charge in [0, 0.05) is 6.42 Å². The number of benzene rings is 1. The number of fused-ring (bicyclic) bond motifs is 1. The maximum atomic E-state index is 11.7. The third-order valence-electron chi connectivity index (χ3n) is 4.75. The summed E-state index contributed by atoms with van der Waals surface area (Å²) in [7, 11) is 1.43. The molecule has 0 fully saturated rings. The fourth-order valence-corrected chi connectivity index (χ4v) is 3.28. The highest BCUT2D eigenvalue weighted by Crippen LogP contribution is 2.18. The molecule has 4 heteroatoms. The summed E-state index contributed by atoms with van der Waals surface area (Å²) in [4.78, 5) is 16.5. The number of esters is 1. The predicted octanol–water partition coefficient (Wildman–Crippen LogP) is 5.28. The van der Waals surface area contributed by atoms with Crippen LogP contribution >= 0.6 is 0 Å². The molecule has 0 bridgehead atoms. The molecule has 1 heterocycles. The molecule has 1 aromatic carbocycles. The Balaban J connectivity index is 1.82. The van der Waals surface area contributed by atoms with E-state index in [1.54, 1.807) is 0 Å². The summed E-state index contributed by atoms with van der Waals surface area (Å²) in [6.07, 6.45) is 12.7. The zero-order valence-corrected chi connectivity index (χ0v) is 15.8. The molecule has 0 radical (unpaired) electrons. The van der Waals surface area contributed by atoms with Crippen LogP contribution in [0.4, 0.5) is 0 Å². The average molecular weight is 344 g/mol. The molecule has 0 aliphatic rings. The second kappa shape index (κ2) is 10.9. The van der Waals surface area contributed by atoms with Gasteiger partial charge < -0.3 is 9.30 Å². The fraction of sp³-hybridized carbons (Fsp3) is 0.619. The maximum Gasteiger partial charge on any atom is 0.325 e. The normalized spacial score (nSPS) is 11.1. The summed E-state index contributed by atoms with van der Waals surface area (Å²) >= 11 is 0. The van der Waals surface area contributed by atoms with Gasteiger partial charge in [0.15, 0.2) is 0 Å². The molecule has 1 aromatic heterocycles. The Bertz CT molecular complexity index is 648. The van der Waals surface area contributed by atoms with E-state index in [0.29, 0.717) is 0 Å². The van der Waals surface area contributed by atoms with Gasteiger partial charge in [0.1, 0.15) is 12.4 Å². The number of carbonyl (C=O) groups is 1. The topological polar surface area (TPSA) is 44.1 Å². The summed E-state index contributed by atoms with van der Waals surface area (Å²) in [6, 6.07) is 7.99. The van der Waals surface area contributed by atoms with Gasteiger partial charge in [-0.1, -0.05) is 70.4 Å². The number of rotatable bonds is 12. The molecule has 0 saturated heterocycles. The van der Waals surface area contributed by atoms with Gasteiger partial charge >= 0.3 is 5.97 Å². The van der Waals surface area contributed by atoms with Crippen molar-refractivity contribution in [2.45, 2.75) is 77.7 Å². The zero-order valence-electron chi connectivity index (χ0n) is 15.8. The number of imidazole rings is 1. The number of unbranched alkanes of at least 4 members (excludes halogenated alkanes) is 8. The molecule has 2 rings (SSSR count). The van der Waals surface area contributed by atoms with Gasteiger partial charge in [0.05, 0.1) is 18.1 Å². The van der Waals surface area contributed by atoms with Crippen molar-refractivity contribution in [3.8, 4) is 0 Å². The van der Waals surface area contributed by atoms with E-state index in [1.165, 1.54) is 58.5 Å². The minimum Gasteiger partial charge on any atom is -0.468 e. The lowest BCUT2D eigenvalue weighted by Crippen LogP contribution is -2.14. The number of hydrogen-bond donors (Lipinski definition) is 0. The van der Waals surface area contributed by atoms with Crippen molar-refractivity contribution in [1.82, 2.24) is 9.55 Å². The van der Waals surface area contributed by atoms with Crippen LogP contribution in [0, 0.1) is 0 Å². The smallest absolute Gasteiger partial charge is 0.325 e. The van der Waals surface area contributed by atoms with Gasteiger partial charge in [-0.25, -0.2) is 4.98 Å². The highest BCUT2D eigenvalue weighted by atomic mass is 16.5. The lowest BCUT2D eigenvalue weighted by Gasteiger charge is -2.08. The number of nitrogens with zero attached hydrogens (tertiary/aromatic N) is 2. The molecule has 0 amide bonds. The molecular formula is C21H32N2O2. The highest BCUT2D eigenvalue weighted by molar-refractivity contribution is 5.78. The Morgan fingerprint density at radius 1 is 1.00 bits per heavy atom. The van der Waals surface area contributed by atoms with E-state index in [1.807, 2.05) is 28.8 Å². The van der Waals surface area contributed by atoms with Crippen molar-refractivity contribution in [1.29, 1.82) is 0 Å². The van der Waals surface area contributed by atoms with Crippen LogP contribution in [-0.2, 0) is 22.5 Å². The third kappa shape index (κ3) is 6.18. The Hall–Kier alpha value is -1.84. The van der Waals surface area contributed by atoms with Crippen LogP contribution in [0.3, 0.4) is 0 Å². The van der Waals surface area contributed by atoms with Crippen molar-refractivity contribution >= 4 is 17.0 Å². The van der Waals surface area contributed by atoms with Crippen molar-refractivity contribution in [2.24, 2.45) is 0 Å². The Kier molecular flexibility index (Phi) is 8.50. The molecule has 4 nitrogen and oxygen atoms in total. The summed E-state index contributed by atoms with van der Waals surface area (Å²) in [5, 5.41) is 0. The highest BCUT2D eigenvalue weighted by Gasteiger charge is 2.13. The molecular weight excluding hydrogens is 312 g/mol. The zero-order chi connectivity index (χ0) is 17.9. The SMILES string of the molecule is CCCCCCCCCCCc1nc2ccccc2n1CC(=O)OC. The lowest BCUT2D eigenvalue weighted by atomic mass is 10.1. The maximum absolute atomic E-state index is 11.7. The molecule has 2 aromatic rings. The second-order valence-corrected chi connectivity index (χ2v) is 6.76. The van der Waals surface area contributed by atoms with Gasteiger partial charge in [-0.05, 0) is 18.6 Å². The first-order valence-electron chi connectivity index (χ1n) is 9.77. The molecule has 0 aliphatic heterocycles. The van der Waals surface area contributed by atoms with Gasteiger partial charge in [-0.3, -0.25) is 4.79 Å². The van der Waals surface area contributed by atoms with Crippen LogP contribution in [-0.4, -0.2) is 22.6 Å². The first kappa shape index (κ1) is 19.5. The third-order valence-corrected chi connectivity index (χ3v) is 4.75. The summed E-state index contributed by atoms with van der Waals surface area (Å²) in [5.41, 5.74) is 1.97. The molecule has 0 N–H and O–H groups in total. The van der Waals surface area contributed by atoms with Crippen LogP contribution in [0.25, 0.3) is 11.0 Å². The summed E-state index contributed by atoms with van der Waals surface area (Å²) in [5.74, 6) is 0.769. The second-order valence-electron chi connectivity index (χ2n) is 6.76. The first-order valence-corrected chi connectivity index (χ1v) is 9.77. The van der Waals surface area contributed by atoms with Crippen molar-refractivity contribution in [3.63, 3.8) is 0 Å². The number of aromatic nitrogens is 2. The average Bonchev–Trinajstić information content (AvgIpc) is 2.98. The fourth-order valence-electron chi connectivity index (χ4n) is 3.28. The van der Waals surface area contributed by atoms with Gasteiger partial charge in [0.2, 0.25) is 0 Å². The molecule has 138 valence electrons. The minimum atomic E-state index is -0.225. The largest absolute Gasteiger partial charge is 0.468 e. The van der Waals surface area contributed by atoms with E-state index in [4.69, 9.17) is 9.72 Å². The van der Waals surface area contributed by atoms with E-state index in [0.717, 1.165) is 29.7 Å². The molecule has 0 atom stereocenters. The minimum absolute atomic E-state index is 0.225. The number of ether oxygens (including phenoxy) is 1. The van der Waals surface area contributed by atoms with Crippen molar-refractivity contribution < 1.29 is 9.53 Å². The molecule has 0 spiro atoms. The van der Waals surface area contributed by atoms with Gasteiger partial charge in [-0.2, -0.15) is 0 Å². The number of aryl methyl sites for hydroxylation is 1. The summed E-state index contributed by atoms with van der Waals surface area (Å²) < 4.78 is 6.84. The van der Waals surface area contributed by atoms with Crippen LogP contribution in [0.5, 0.6) is 0 Å². The number of methoxy groups -OCH3 is 1. The number of para-hydroxylation sites is 2. The summed E-state index contributed by atoms with van der Waals surface area (Å²) in [6.45, 7) is 2.50. The monoisotopic (exact) mass is 344 g/mol. The molecule has 25 heavy (non-hydrogen) atoms. The van der Waals surface area contributed by atoms with E-state index in [-0.39, 0.29) is 12.5 Å². The number of hydrogen-bond acceptors (Lipinski definition) is 3. The molecule has 0 saturated carbocycles. The first-order chi connectivity index (χ1) is 12.3. The van der Waals surface area contributed by atoms with Crippen LogP contribution < -0.4 is 0 Å². The number of carbonyl (C=O) groups excluding carboxylic acids is 1. The standard InChI is InChI=1S/C21H32N2O2/c1-3-4-5-6-7-8-9-10-11-16-20-22-18-14-12-13-15-19(18)23(20)17-21(24)25-2/h12-15H,3-11,16-17H2,1-2H3. The van der Waals surface area contributed by atoms with Crippen LogP contribution in [0.2, 0.25) is 0 Å². The van der Waals surface area contributed by atoms with Gasteiger partial charge in [-0.15, -0.1) is 0 Å². The predicted molar refractivity (Wildman–Crippen MR) is 103 cm³/mol. The van der Waals surface area contributed by atoms with E-state index in [9.17, 15) is 4.79 Å². The van der Waals surface area contributed by atoms with E-state index in [2.05, 4.69) is 6.92 Å². The Morgan fingerprint density at radius 3 is 2.32 bits per heavy atom. The Labute approximate surface area is 151 Å². The molecule has 0 aliphatic carbocycles. The van der Waals surface area contributed by atoms with Crippen molar-refractivity contribution in [3.05, 3.63) is 30.1 Å². The quantitative estimate of drug-likeness (QED) is 0.388. The van der Waals surface area contributed by atoms with Crippen molar-refractivity contribution in [2.75, 3.05) is 7.11 Å². The lowest BCUT2D eigenvalue weighted by molar-refractivity contribution is -0.141.